The van der Waals surface area contributed by atoms with Crippen LogP contribution in [0.15, 0.2) is 30.7 Å². The number of fused-ring (bicyclic) bond motifs is 1. The van der Waals surface area contributed by atoms with E-state index in [1.165, 1.54) is 6.42 Å². The summed E-state index contributed by atoms with van der Waals surface area (Å²) in [7, 11) is 2.19. The van der Waals surface area contributed by atoms with E-state index >= 15 is 0 Å². The van der Waals surface area contributed by atoms with Crippen molar-refractivity contribution < 1.29 is 4.79 Å². The molecule has 1 unspecified atom stereocenters. The number of likely N-dealkylation sites (tertiary alicyclic amines) is 1. The predicted molar refractivity (Wildman–Crippen MR) is 97.8 cm³/mol. The molecule has 2 aliphatic rings. The van der Waals surface area contributed by atoms with Gasteiger partial charge in [0.05, 0.1) is 5.56 Å². The van der Waals surface area contributed by atoms with E-state index < -0.39 is 0 Å². The number of hydrogen-bond acceptors (Lipinski definition) is 4. The van der Waals surface area contributed by atoms with Crippen molar-refractivity contribution in [1.82, 2.24) is 24.1 Å². The number of imidazole rings is 1. The normalized spacial score (nSPS) is 23.2. The topological polar surface area (TPSA) is 44.1 Å². The number of carbonyl (C=O) groups is 1. The van der Waals surface area contributed by atoms with E-state index in [1.807, 2.05) is 33.8 Å². The largest absolute Gasteiger partial charge is 0.338 e. The van der Waals surface area contributed by atoms with Crippen molar-refractivity contribution >= 4 is 11.6 Å². The van der Waals surface area contributed by atoms with Gasteiger partial charge in [-0.15, -0.1) is 0 Å². The maximum Gasteiger partial charge on any atom is 0.255 e. The molecule has 2 aliphatic heterocycles. The number of piperazine rings is 1. The zero-order chi connectivity index (χ0) is 17.2. The van der Waals surface area contributed by atoms with Gasteiger partial charge in [0, 0.05) is 64.4 Å². The summed E-state index contributed by atoms with van der Waals surface area (Å²) in [6.45, 7) is 7.49. The average molecular weight is 341 g/mol. The summed E-state index contributed by atoms with van der Waals surface area (Å²) in [5, 5.41) is 0. The van der Waals surface area contributed by atoms with Crippen LogP contribution >= 0.6 is 0 Å². The van der Waals surface area contributed by atoms with Crippen molar-refractivity contribution in [3.8, 4) is 0 Å². The third-order valence-corrected chi connectivity index (χ3v) is 5.55. The molecule has 0 aliphatic carbocycles. The lowest BCUT2D eigenvalue weighted by Crippen LogP contribution is -2.49. The van der Waals surface area contributed by atoms with Crippen LogP contribution < -0.4 is 0 Å². The zero-order valence-electron chi connectivity index (χ0n) is 15.0. The Morgan fingerprint density at radius 3 is 2.88 bits per heavy atom. The van der Waals surface area contributed by atoms with Gasteiger partial charge < -0.3 is 19.1 Å². The lowest BCUT2D eigenvalue weighted by molar-refractivity contribution is 0.0609. The molecule has 1 amide bonds. The third-order valence-electron chi connectivity index (χ3n) is 5.55. The van der Waals surface area contributed by atoms with Crippen molar-refractivity contribution in [1.29, 1.82) is 0 Å². The smallest absolute Gasteiger partial charge is 0.255 e. The molecule has 6 nitrogen and oxygen atoms in total. The number of likely N-dealkylation sites (N-methyl/N-ethyl adjacent to an activating group) is 1. The van der Waals surface area contributed by atoms with Crippen LogP contribution in [0.3, 0.4) is 0 Å². The van der Waals surface area contributed by atoms with Gasteiger partial charge in [-0.25, -0.2) is 4.98 Å². The van der Waals surface area contributed by atoms with E-state index in [0.717, 1.165) is 63.4 Å². The van der Waals surface area contributed by atoms with Crippen LogP contribution in [0.2, 0.25) is 0 Å². The monoisotopic (exact) mass is 341 g/mol. The van der Waals surface area contributed by atoms with E-state index in [0.29, 0.717) is 5.92 Å². The Kier molecular flexibility index (Phi) is 4.72. The maximum atomic E-state index is 12.9. The van der Waals surface area contributed by atoms with Gasteiger partial charge in [0.2, 0.25) is 0 Å². The van der Waals surface area contributed by atoms with E-state index in [2.05, 4.69) is 21.8 Å². The standard InChI is InChI=1S/C19H27N5O/c1-21-9-11-22(12-10-21)13-16-3-2-7-24(14-16)19(25)17-4-5-18-20-6-8-23(18)15-17/h4-6,8,15-16H,2-3,7,9-14H2,1H3. The summed E-state index contributed by atoms with van der Waals surface area (Å²) in [6, 6.07) is 3.81. The van der Waals surface area contributed by atoms with Gasteiger partial charge >= 0.3 is 0 Å². The second kappa shape index (κ2) is 7.14. The zero-order valence-corrected chi connectivity index (χ0v) is 15.0. The van der Waals surface area contributed by atoms with Crippen LogP contribution in [-0.4, -0.2) is 82.9 Å². The van der Waals surface area contributed by atoms with Gasteiger partial charge in [-0.2, -0.15) is 0 Å². The second-order valence-corrected chi connectivity index (χ2v) is 7.47. The first-order chi connectivity index (χ1) is 12.2. The Morgan fingerprint density at radius 1 is 1.20 bits per heavy atom. The Bertz CT molecular complexity index is 734. The molecule has 2 aromatic heterocycles. The van der Waals surface area contributed by atoms with Gasteiger partial charge in [-0.05, 0) is 37.9 Å². The molecule has 4 heterocycles. The molecule has 1 atom stereocenters. The van der Waals surface area contributed by atoms with Gasteiger partial charge in [-0.1, -0.05) is 0 Å². The highest BCUT2D eigenvalue weighted by Gasteiger charge is 2.27. The number of nitrogens with zero attached hydrogens (tertiary/aromatic N) is 5. The summed E-state index contributed by atoms with van der Waals surface area (Å²) in [4.78, 5) is 24.2. The number of aromatic nitrogens is 2. The average Bonchev–Trinajstić information content (AvgIpc) is 3.11. The third kappa shape index (κ3) is 3.70. The van der Waals surface area contributed by atoms with Gasteiger partial charge in [0.25, 0.3) is 5.91 Å². The molecule has 0 aromatic carbocycles. The molecular weight excluding hydrogens is 314 g/mol. The quantitative estimate of drug-likeness (QED) is 0.847. The van der Waals surface area contributed by atoms with Crippen LogP contribution in [0, 0.1) is 5.92 Å². The van der Waals surface area contributed by atoms with Crippen LogP contribution in [0.4, 0.5) is 0 Å². The lowest BCUT2D eigenvalue weighted by atomic mass is 9.96. The van der Waals surface area contributed by atoms with E-state index in [9.17, 15) is 4.79 Å². The summed E-state index contributed by atoms with van der Waals surface area (Å²) in [6.07, 6.45) is 7.89. The maximum absolute atomic E-state index is 12.9. The molecule has 0 N–H and O–H groups in total. The first kappa shape index (κ1) is 16.5. The number of carbonyl (C=O) groups excluding carboxylic acids is 1. The summed E-state index contributed by atoms with van der Waals surface area (Å²) in [5.74, 6) is 0.747. The second-order valence-electron chi connectivity index (χ2n) is 7.47. The summed E-state index contributed by atoms with van der Waals surface area (Å²) >= 11 is 0. The highest BCUT2D eigenvalue weighted by molar-refractivity contribution is 5.94. The van der Waals surface area contributed by atoms with Crippen molar-refractivity contribution in [2.45, 2.75) is 12.8 Å². The minimum absolute atomic E-state index is 0.152. The number of piperidine rings is 1. The number of pyridine rings is 1. The number of hydrogen-bond donors (Lipinski definition) is 0. The molecule has 0 spiro atoms. The van der Waals surface area contributed by atoms with Crippen molar-refractivity contribution in [3.05, 3.63) is 36.3 Å². The highest BCUT2D eigenvalue weighted by Crippen LogP contribution is 2.20. The number of rotatable bonds is 3. The van der Waals surface area contributed by atoms with Crippen LogP contribution in [0.5, 0.6) is 0 Å². The number of amides is 1. The Morgan fingerprint density at radius 2 is 2.04 bits per heavy atom. The predicted octanol–water partition coefficient (Wildman–Crippen LogP) is 1.43. The van der Waals surface area contributed by atoms with Crippen molar-refractivity contribution in [2.75, 3.05) is 52.9 Å². The van der Waals surface area contributed by atoms with Crippen molar-refractivity contribution in [3.63, 3.8) is 0 Å². The van der Waals surface area contributed by atoms with E-state index in [1.54, 1.807) is 6.20 Å². The van der Waals surface area contributed by atoms with Crippen LogP contribution in [-0.2, 0) is 0 Å². The molecule has 4 rings (SSSR count). The Balaban J connectivity index is 1.39. The SMILES string of the molecule is CN1CCN(CC2CCCN(C(=O)c3ccc4nccn4c3)C2)CC1. The molecule has 2 saturated heterocycles. The fraction of sp³-hybridized carbons (Fsp3) is 0.579. The molecule has 25 heavy (non-hydrogen) atoms. The van der Waals surface area contributed by atoms with Gasteiger partial charge in [0.15, 0.2) is 0 Å². The first-order valence-electron chi connectivity index (χ1n) is 9.32. The molecule has 6 heteroatoms. The van der Waals surface area contributed by atoms with E-state index in [-0.39, 0.29) is 5.91 Å². The van der Waals surface area contributed by atoms with Gasteiger partial charge in [0.1, 0.15) is 5.65 Å². The first-order valence-corrected chi connectivity index (χ1v) is 9.32. The fourth-order valence-electron chi connectivity index (χ4n) is 4.02. The molecule has 0 saturated carbocycles. The minimum Gasteiger partial charge on any atom is -0.338 e. The molecule has 0 radical (unpaired) electrons. The summed E-state index contributed by atoms with van der Waals surface area (Å²) in [5.41, 5.74) is 1.63. The molecule has 2 aromatic rings. The van der Waals surface area contributed by atoms with E-state index in [4.69, 9.17) is 0 Å². The fourth-order valence-corrected chi connectivity index (χ4v) is 4.02. The summed E-state index contributed by atoms with van der Waals surface area (Å²) < 4.78 is 1.92. The minimum atomic E-state index is 0.152. The Labute approximate surface area is 149 Å². The van der Waals surface area contributed by atoms with Gasteiger partial charge in [-0.3, -0.25) is 4.79 Å². The highest BCUT2D eigenvalue weighted by atomic mass is 16.2. The molecule has 134 valence electrons. The molecule has 0 bridgehead atoms. The Hall–Kier alpha value is -1.92. The lowest BCUT2D eigenvalue weighted by Gasteiger charge is -2.38. The molecule has 2 fully saturated rings. The van der Waals surface area contributed by atoms with Crippen LogP contribution in [0.25, 0.3) is 5.65 Å². The molecular formula is C19H27N5O. The van der Waals surface area contributed by atoms with Crippen LogP contribution in [0.1, 0.15) is 23.2 Å². The van der Waals surface area contributed by atoms with Crippen molar-refractivity contribution in [2.24, 2.45) is 5.92 Å².